The van der Waals surface area contributed by atoms with E-state index in [2.05, 4.69) is 49.4 Å². The molecule has 2 aromatic heterocycles. The summed E-state index contributed by atoms with van der Waals surface area (Å²) in [5.41, 5.74) is 3.22. The Kier molecular flexibility index (Phi) is 3.42. The van der Waals surface area contributed by atoms with Gasteiger partial charge in [0.2, 0.25) is 0 Å². The van der Waals surface area contributed by atoms with Crippen molar-refractivity contribution in [2.24, 2.45) is 0 Å². The minimum Gasteiger partial charge on any atom is -0.380 e. The lowest BCUT2D eigenvalue weighted by Crippen LogP contribution is -2.00. The molecule has 3 nitrogen and oxygen atoms in total. The molecule has 2 heterocycles. The predicted molar refractivity (Wildman–Crippen MR) is 81.0 cm³/mol. The average molecular weight is 314 g/mol. The van der Waals surface area contributed by atoms with Crippen LogP contribution in [0.4, 0.5) is 5.69 Å². The zero-order valence-electron chi connectivity index (χ0n) is 10.2. The Hall–Kier alpha value is -1.94. The molecule has 0 amide bonds. The molecule has 0 aliphatic heterocycles. The molecule has 0 aliphatic carbocycles. The van der Waals surface area contributed by atoms with E-state index in [1.54, 1.807) is 6.20 Å². The van der Waals surface area contributed by atoms with E-state index in [1.165, 1.54) is 0 Å². The zero-order chi connectivity index (χ0) is 13.1. The molecule has 94 valence electrons. The Bertz CT molecular complexity index is 707. The number of hydrogen-bond donors (Lipinski definition) is 1. The summed E-state index contributed by atoms with van der Waals surface area (Å²) in [5.74, 6) is 0. The number of hydrogen-bond acceptors (Lipinski definition) is 3. The van der Waals surface area contributed by atoms with Crippen LogP contribution in [0.2, 0.25) is 0 Å². The lowest BCUT2D eigenvalue weighted by atomic mass is 10.1. The second-order valence-electron chi connectivity index (χ2n) is 4.24. The van der Waals surface area contributed by atoms with E-state index in [1.807, 2.05) is 30.6 Å². The minimum atomic E-state index is 0.737. The molecule has 0 radical (unpaired) electrons. The Balaban J connectivity index is 1.86. The van der Waals surface area contributed by atoms with Crippen LogP contribution in [0.25, 0.3) is 10.9 Å². The van der Waals surface area contributed by atoms with Gasteiger partial charge in [0.25, 0.3) is 0 Å². The van der Waals surface area contributed by atoms with Crippen molar-refractivity contribution in [2.75, 3.05) is 5.32 Å². The Morgan fingerprint density at radius 3 is 2.95 bits per heavy atom. The number of halogens is 1. The van der Waals surface area contributed by atoms with Crippen LogP contribution in [0.5, 0.6) is 0 Å². The second kappa shape index (κ2) is 5.36. The topological polar surface area (TPSA) is 37.8 Å². The van der Waals surface area contributed by atoms with Gasteiger partial charge in [0, 0.05) is 40.7 Å². The van der Waals surface area contributed by atoms with Crippen molar-refractivity contribution in [3.63, 3.8) is 0 Å². The van der Waals surface area contributed by atoms with Crippen LogP contribution in [0, 0.1) is 0 Å². The fraction of sp³-hybridized carbons (Fsp3) is 0.0667. The van der Waals surface area contributed by atoms with E-state index < -0.39 is 0 Å². The Morgan fingerprint density at radius 2 is 2.05 bits per heavy atom. The van der Waals surface area contributed by atoms with Crippen LogP contribution < -0.4 is 5.32 Å². The summed E-state index contributed by atoms with van der Waals surface area (Å²) in [6.45, 7) is 0.737. The number of fused-ring (bicyclic) bond motifs is 1. The number of aromatic nitrogens is 2. The third-order valence-corrected chi connectivity index (χ3v) is 3.32. The minimum absolute atomic E-state index is 0.737. The molecule has 0 aliphatic rings. The fourth-order valence-electron chi connectivity index (χ4n) is 2.01. The van der Waals surface area contributed by atoms with E-state index >= 15 is 0 Å². The highest BCUT2D eigenvalue weighted by Crippen LogP contribution is 2.22. The molecule has 4 heteroatoms. The maximum atomic E-state index is 4.35. The largest absolute Gasteiger partial charge is 0.380 e. The zero-order valence-corrected chi connectivity index (χ0v) is 11.8. The molecule has 1 N–H and O–H groups in total. The van der Waals surface area contributed by atoms with Gasteiger partial charge in [-0.25, -0.2) is 0 Å². The van der Waals surface area contributed by atoms with Crippen molar-refractivity contribution in [1.29, 1.82) is 0 Å². The van der Waals surface area contributed by atoms with Gasteiger partial charge >= 0.3 is 0 Å². The van der Waals surface area contributed by atoms with Crippen LogP contribution in [-0.2, 0) is 6.54 Å². The molecular weight excluding hydrogens is 302 g/mol. The number of pyridine rings is 2. The van der Waals surface area contributed by atoms with Crippen molar-refractivity contribution < 1.29 is 0 Å². The average Bonchev–Trinajstić information content (AvgIpc) is 2.45. The molecule has 0 saturated heterocycles. The van der Waals surface area contributed by atoms with Crippen LogP contribution >= 0.6 is 15.9 Å². The highest BCUT2D eigenvalue weighted by atomic mass is 79.9. The molecule has 3 aromatic rings. The number of benzene rings is 1. The molecule has 0 atom stereocenters. The van der Waals surface area contributed by atoms with Gasteiger partial charge in [-0.05, 0) is 51.8 Å². The summed E-state index contributed by atoms with van der Waals surface area (Å²) in [5, 5.41) is 4.56. The number of rotatable bonds is 3. The summed E-state index contributed by atoms with van der Waals surface area (Å²) >= 11 is 3.43. The van der Waals surface area contributed by atoms with Crippen molar-refractivity contribution in [2.45, 2.75) is 6.54 Å². The van der Waals surface area contributed by atoms with Crippen LogP contribution in [0.3, 0.4) is 0 Å². The third-order valence-electron chi connectivity index (χ3n) is 2.89. The summed E-state index contributed by atoms with van der Waals surface area (Å²) in [7, 11) is 0. The first kappa shape index (κ1) is 12.1. The first-order valence-electron chi connectivity index (χ1n) is 6.00. The van der Waals surface area contributed by atoms with Crippen LogP contribution in [0.15, 0.2) is 59.5 Å². The van der Waals surface area contributed by atoms with Gasteiger partial charge in [-0.3, -0.25) is 9.97 Å². The van der Waals surface area contributed by atoms with E-state index in [-0.39, 0.29) is 0 Å². The number of nitrogens with zero attached hydrogens (tertiary/aromatic N) is 2. The van der Waals surface area contributed by atoms with Gasteiger partial charge in [-0.1, -0.05) is 6.07 Å². The second-order valence-corrected chi connectivity index (χ2v) is 5.16. The van der Waals surface area contributed by atoms with E-state index in [9.17, 15) is 0 Å². The highest BCUT2D eigenvalue weighted by molar-refractivity contribution is 9.10. The Morgan fingerprint density at radius 1 is 1.11 bits per heavy atom. The van der Waals surface area contributed by atoms with Crippen molar-refractivity contribution in [3.05, 3.63) is 65.0 Å². The third kappa shape index (κ3) is 2.74. The summed E-state index contributed by atoms with van der Waals surface area (Å²) in [4.78, 5) is 8.51. The van der Waals surface area contributed by atoms with Crippen molar-refractivity contribution >= 4 is 32.5 Å². The van der Waals surface area contributed by atoms with E-state index in [0.29, 0.717) is 0 Å². The van der Waals surface area contributed by atoms with E-state index in [4.69, 9.17) is 0 Å². The highest BCUT2D eigenvalue weighted by Gasteiger charge is 2.01. The molecule has 3 rings (SSSR count). The molecule has 0 saturated carbocycles. The molecule has 0 fully saturated rings. The molecule has 1 aromatic carbocycles. The normalized spacial score (nSPS) is 10.6. The predicted octanol–water partition coefficient (Wildman–Crippen LogP) is 4.00. The fourth-order valence-corrected chi connectivity index (χ4v) is 2.42. The monoisotopic (exact) mass is 313 g/mol. The van der Waals surface area contributed by atoms with Gasteiger partial charge in [0.15, 0.2) is 0 Å². The SMILES string of the molecule is Brc1cncc(CNc2cccc3ncccc23)c1. The summed E-state index contributed by atoms with van der Waals surface area (Å²) < 4.78 is 0.992. The van der Waals surface area contributed by atoms with Gasteiger partial charge in [-0.2, -0.15) is 0 Å². The first-order valence-corrected chi connectivity index (χ1v) is 6.79. The number of nitrogens with one attached hydrogen (secondary N) is 1. The quantitative estimate of drug-likeness (QED) is 0.794. The molecule has 0 unspecified atom stereocenters. The lowest BCUT2D eigenvalue weighted by molar-refractivity contribution is 1.11. The van der Waals surface area contributed by atoms with Crippen molar-refractivity contribution in [1.82, 2.24) is 9.97 Å². The molecule has 0 spiro atoms. The van der Waals surface area contributed by atoms with Gasteiger partial charge in [0.05, 0.1) is 5.52 Å². The maximum Gasteiger partial charge on any atom is 0.0722 e. The van der Waals surface area contributed by atoms with Crippen molar-refractivity contribution in [3.8, 4) is 0 Å². The van der Waals surface area contributed by atoms with Crippen LogP contribution in [0.1, 0.15) is 5.56 Å². The standard InChI is InChI=1S/C15H12BrN3/c16-12-7-11(8-17-10-12)9-19-15-5-1-4-14-13(15)3-2-6-18-14/h1-8,10,19H,9H2. The summed E-state index contributed by atoms with van der Waals surface area (Å²) in [6, 6.07) is 12.2. The summed E-state index contributed by atoms with van der Waals surface area (Å²) in [6.07, 6.45) is 5.46. The van der Waals surface area contributed by atoms with Crippen LogP contribution in [-0.4, -0.2) is 9.97 Å². The number of anilines is 1. The van der Waals surface area contributed by atoms with Gasteiger partial charge < -0.3 is 5.32 Å². The van der Waals surface area contributed by atoms with Gasteiger partial charge in [0.1, 0.15) is 0 Å². The molecule has 19 heavy (non-hydrogen) atoms. The van der Waals surface area contributed by atoms with Gasteiger partial charge in [-0.15, -0.1) is 0 Å². The smallest absolute Gasteiger partial charge is 0.0722 e. The van der Waals surface area contributed by atoms with E-state index in [0.717, 1.165) is 33.2 Å². The molecule has 0 bridgehead atoms. The first-order chi connectivity index (χ1) is 9.33. The molecular formula is C15H12BrN3. The Labute approximate surface area is 119 Å². The lowest BCUT2D eigenvalue weighted by Gasteiger charge is -2.09. The maximum absolute atomic E-state index is 4.35.